The van der Waals surface area contributed by atoms with Crippen LogP contribution in [0.4, 0.5) is 4.79 Å². The number of ether oxygens (including phenoxy) is 1. The Morgan fingerprint density at radius 1 is 1.31 bits per heavy atom. The number of carbonyl (C=O) groups is 2. The monoisotopic (exact) mass is 293 g/mol. The van der Waals surface area contributed by atoms with Crippen LogP contribution in [-0.4, -0.2) is 28.8 Å². The number of carbonyl (C=O) groups excluding carboxylic acids is 2. The predicted molar refractivity (Wildman–Crippen MR) is 66.8 cm³/mol. The largest absolute Gasteiger partial charge is 0.444 e. The summed E-state index contributed by atoms with van der Waals surface area (Å²) in [7, 11) is 0. The lowest BCUT2D eigenvalue weighted by molar-refractivity contribution is -0.119. The highest BCUT2D eigenvalue weighted by Crippen LogP contribution is 2.09. The van der Waals surface area contributed by atoms with E-state index in [4.69, 9.17) is 4.74 Å². The molecule has 0 aliphatic rings. The second kappa shape index (κ2) is 6.23. The molecule has 0 rings (SSSR count). The van der Waals surface area contributed by atoms with Crippen molar-refractivity contribution in [3.8, 4) is 0 Å². The van der Waals surface area contributed by atoms with Gasteiger partial charge < -0.3 is 10.1 Å². The molecule has 0 aromatic rings. The number of hydrogen-bond donors (Lipinski definition) is 1. The van der Waals surface area contributed by atoms with Gasteiger partial charge in [0.05, 0.1) is 11.4 Å². The van der Waals surface area contributed by atoms with Crippen LogP contribution in [0.5, 0.6) is 0 Å². The van der Waals surface area contributed by atoms with Gasteiger partial charge in [-0.15, -0.1) is 0 Å². The van der Waals surface area contributed by atoms with Crippen molar-refractivity contribution in [1.82, 2.24) is 5.32 Å². The Morgan fingerprint density at radius 2 is 1.81 bits per heavy atom. The number of Topliss-reactive ketones (excluding diaryl/α,β-unsaturated/α-hetero) is 1. The molecule has 0 aliphatic heterocycles. The zero-order valence-electron chi connectivity index (χ0n) is 10.5. The Bertz CT molecular complexity index is 258. The van der Waals surface area contributed by atoms with Crippen molar-refractivity contribution in [2.75, 3.05) is 5.33 Å². The Morgan fingerprint density at radius 3 is 2.12 bits per heavy atom. The lowest BCUT2D eigenvalue weighted by Crippen LogP contribution is -2.46. The van der Waals surface area contributed by atoms with E-state index in [1.807, 2.05) is 13.8 Å². The van der Waals surface area contributed by atoms with Gasteiger partial charge >= 0.3 is 6.09 Å². The van der Waals surface area contributed by atoms with Crippen molar-refractivity contribution in [2.45, 2.75) is 46.3 Å². The van der Waals surface area contributed by atoms with Crippen LogP contribution in [0, 0.1) is 5.92 Å². The lowest BCUT2D eigenvalue weighted by Gasteiger charge is -2.24. The van der Waals surface area contributed by atoms with Gasteiger partial charge in [-0.25, -0.2) is 4.79 Å². The molecule has 0 aromatic carbocycles. The van der Waals surface area contributed by atoms with Gasteiger partial charge in [-0.1, -0.05) is 29.8 Å². The van der Waals surface area contributed by atoms with Crippen LogP contribution in [0.3, 0.4) is 0 Å². The Hall–Kier alpha value is -0.580. The van der Waals surface area contributed by atoms with Crippen LogP contribution in [-0.2, 0) is 9.53 Å². The third-order valence-corrected chi connectivity index (χ3v) is 2.37. The summed E-state index contributed by atoms with van der Waals surface area (Å²) in [4.78, 5) is 23.0. The maximum absolute atomic E-state index is 11.5. The fourth-order valence-electron chi connectivity index (χ4n) is 1.14. The first-order valence-electron chi connectivity index (χ1n) is 5.25. The Kier molecular flexibility index (Phi) is 6.00. The van der Waals surface area contributed by atoms with Crippen molar-refractivity contribution < 1.29 is 14.3 Å². The zero-order valence-corrected chi connectivity index (χ0v) is 12.1. The standard InChI is InChI=1S/C11H20BrNO3/c1-7(2)9(8(14)6-12)13-10(15)16-11(3,4)5/h7,9H,6H2,1-5H3,(H,13,15)/t9-/m1/s1. The number of nitrogens with one attached hydrogen (secondary N) is 1. The molecule has 0 bridgehead atoms. The maximum Gasteiger partial charge on any atom is 0.408 e. The van der Waals surface area contributed by atoms with E-state index >= 15 is 0 Å². The average Bonchev–Trinajstić information content (AvgIpc) is 2.09. The van der Waals surface area contributed by atoms with Gasteiger partial charge in [0.15, 0.2) is 5.78 Å². The molecule has 94 valence electrons. The molecule has 4 nitrogen and oxygen atoms in total. The van der Waals surface area contributed by atoms with Gasteiger partial charge in [0.1, 0.15) is 5.60 Å². The van der Waals surface area contributed by atoms with Gasteiger partial charge in [0, 0.05) is 0 Å². The average molecular weight is 294 g/mol. The number of alkyl halides is 1. The summed E-state index contributed by atoms with van der Waals surface area (Å²) in [6, 6.07) is -0.505. The number of amides is 1. The van der Waals surface area contributed by atoms with E-state index < -0.39 is 17.7 Å². The fourth-order valence-corrected chi connectivity index (χ4v) is 1.49. The first-order chi connectivity index (χ1) is 7.17. The molecular formula is C11H20BrNO3. The minimum atomic E-state index is -0.555. The van der Waals surface area contributed by atoms with Crippen LogP contribution >= 0.6 is 15.9 Å². The number of hydrogen-bond acceptors (Lipinski definition) is 3. The van der Waals surface area contributed by atoms with Gasteiger partial charge in [0.25, 0.3) is 0 Å². The smallest absolute Gasteiger partial charge is 0.408 e. The first-order valence-corrected chi connectivity index (χ1v) is 6.37. The molecule has 0 saturated carbocycles. The van der Waals surface area contributed by atoms with Gasteiger partial charge in [-0.2, -0.15) is 0 Å². The van der Waals surface area contributed by atoms with Gasteiger partial charge in [-0.05, 0) is 26.7 Å². The van der Waals surface area contributed by atoms with Crippen LogP contribution in [0.1, 0.15) is 34.6 Å². The summed E-state index contributed by atoms with van der Waals surface area (Å²) < 4.78 is 5.10. The second-order valence-electron chi connectivity index (χ2n) is 4.97. The van der Waals surface area contributed by atoms with E-state index in [9.17, 15) is 9.59 Å². The van der Waals surface area contributed by atoms with Crippen molar-refractivity contribution >= 4 is 27.8 Å². The summed E-state index contributed by atoms with van der Waals surface area (Å²) in [6.07, 6.45) is -0.555. The molecule has 0 radical (unpaired) electrons. The third kappa shape index (κ3) is 6.10. The topological polar surface area (TPSA) is 55.4 Å². The van der Waals surface area contributed by atoms with Gasteiger partial charge in [0.2, 0.25) is 0 Å². The van der Waals surface area contributed by atoms with Gasteiger partial charge in [-0.3, -0.25) is 4.79 Å². The highest BCUT2D eigenvalue weighted by molar-refractivity contribution is 9.09. The molecule has 0 aliphatic carbocycles. The van der Waals surface area contributed by atoms with E-state index in [0.29, 0.717) is 0 Å². The summed E-state index contributed by atoms with van der Waals surface area (Å²) in [6.45, 7) is 9.10. The normalized spacial score (nSPS) is 13.4. The molecule has 1 N–H and O–H groups in total. The van der Waals surface area contributed by atoms with E-state index in [1.54, 1.807) is 20.8 Å². The summed E-state index contributed by atoms with van der Waals surface area (Å²) >= 11 is 3.09. The van der Waals surface area contributed by atoms with Crippen LogP contribution < -0.4 is 5.32 Å². The molecular weight excluding hydrogens is 274 g/mol. The third-order valence-electron chi connectivity index (χ3n) is 1.82. The van der Waals surface area contributed by atoms with Crippen LogP contribution in [0.2, 0.25) is 0 Å². The number of ketones is 1. The molecule has 0 fully saturated rings. The first kappa shape index (κ1) is 15.4. The SMILES string of the molecule is CC(C)[C@@H](NC(=O)OC(C)(C)C)C(=O)CBr. The molecule has 1 atom stereocenters. The van der Waals surface area contributed by atoms with Crippen LogP contribution in [0.25, 0.3) is 0 Å². The van der Waals surface area contributed by atoms with E-state index in [1.165, 1.54) is 0 Å². The number of alkyl carbamates (subject to hydrolysis) is 1. The molecule has 1 amide bonds. The molecule has 0 saturated heterocycles. The van der Waals surface area contributed by atoms with Crippen molar-refractivity contribution in [2.24, 2.45) is 5.92 Å². The Balaban J connectivity index is 4.42. The zero-order chi connectivity index (χ0) is 12.9. The van der Waals surface area contributed by atoms with E-state index in [-0.39, 0.29) is 17.0 Å². The molecule has 0 unspecified atom stereocenters. The summed E-state index contributed by atoms with van der Waals surface area (Å²) in [5.74, 6) is -0.0153. The maximum atomic E-state index is 11.5. The van der Waals surface area contributed by atoms with E-state index in [0.717, 1.165) is 0 Å². The predicted octanol–water partition coefficient (Wildman–Crippen LogP) is 2.50. The minimum Gasteiger partial charge on any atom is -0.444 e. The molecule has 16 heavy (non-hydrogen) atoms. The Labute approximate surface area is 105 Å². The fraction of sp³-hybridized carbons (Fsp3) is 0.818. The lowest BCUT2D eigenvalue weighted by atomic mass is 10.0. The quantitative estimate of drug-likeness (QED) is 0.810. The number of halogens is 1. The molecule has 0 aromatic heterocycles. The molecule has 0 heterocycles. The van der Waals surface area contributed by atoms with Crippen molar-refractivity contribution in [1.29, 1.82) is 0 Å². The molecule has 0 spiro atoms. The summed E-state index contributed by atoms with van der Waals surface area (Å²) in [5.41, 5.74) is -0.553. The van der Waals surface area contributed by atoms with E-state index in [2.05, 4.69) is 21.2 Å². The molecule has 5 heteroatoms. The minimum absolute atomic E-state index is 0.0394. The van der Waals surface area contributed by atoms with Crippen molar-refractivity contribution in [3.05, 3.63) is 0 Å². The van der Waals surface area contributed by atoms with Crippen LogP contribution in [0.15, 0.2) is 0 Å². The van der Waals surface area contributed by atoms with Crippen molar-refractivity contribution in [3.63, 3.8) is 0 Å². The highest BCUT2D eigenvalue weighted by atomic mass is 79.9. The summed E-state index contributed by atoms with van der Waals surface area (Å²) in [5, 5.41) is 2.81. The highest BCUT2D eigenvalue weighted by Gasteiger charge is 2.25. The number of rotatable bonds is 4. The second-order valence-corrected chi connectivity index (χ2v) is 5.53.